The van der Waals surface area contributed by atoms with E-state index in [2.05, 4.69) is 5.32 Å². The molecule has 24 heavy (non-hydrogen) atoms. The number of halogens is 1. The Bertz CT molecular complexity index is 626. The van der Waals surface area contributed by atoms with Gasteiger partial charge in [-0.15, -0.1) is 0 Å². The monoisotopic (exact) mass is 333 g/mol. The van der Waals surface area contributed by atoms with Crippen molar-refractivity contribution in [2.45, 2.75) is 13.0 Å². The second-order valence-corrected chi connectivity index (χ2v) is 6.26. The minimum absolute atomic E-state index is 0.00230. The third-order valence-electron chi connectivity index (χ3n) is 4.60. The van der Waals surface area contributed by atoms with Gasteiger partial charge in [0.1, 0.15) is 5.82 Å². The van der Waals surface area contributed by atoms with Gasteiger partial charge in [-0.1, -0.05) is 12.1 Å². The van der Waals surface area contributed by atoms with Crippen molar-refractivity contribution in [3.8, 4) is 0 Å². The average Bonchev–Trinajstić information content (AvgIpc) is 3.41. The Kier molecular flexibility index (Phi) is 4.78. The van der Waals surface area contributed by atoms with Crippen molar-refractivity contribution in [3.63, 3.8) is 0 Å². The van der Waals surface area contributed by atoms with E-state index in [1.807, 2.05) is 0 Å². The standard InChI is InChI=1S/C17H20FN3O3/c18-13-3-1-12(2-4-13)10-19-16(23)14-9-15(14)17(24)21-7-5-20(11-22)6-8-21/h1-4,11,14-15H,5-10H2,(H,19,23). The van der Waals surface area contributed by atoms with Crippen molar-refractivity contribution in [2.24, 2.45) is 11.8 Å². The molecule has 1 saturated carbocycles. The highest BCUT2D eigenvalue weighted by molar-refractivity contribution is 5.92. The largest absolute Gasteiger partial charge is 0.352 e. The second kappa shape index (κ2) is 6.98. The van der Waals surface area contributed by atoms with Crippen LogP contribution in [0.5, 0.6) is 0 Å². The smallest absolute Gasteiger partial charge is 0.226 e. The number of rotatable bonds is 5. The Hall–Kier alpha value is -2.44. The minimum atomic E-state index is -0.312. The number of benzene rings is 1. The van der Waals surface area contributed by atoms with Crippen molar-refractivity contribution in [3.05, 3.63) is 35.6 Å². The molecule has 0 spiro atoms. The lowest BCUT2D eigenvalue weighted by molar-refractivity contribution is -0.137. The molecule has 0 radical (unpaired) electrons. The lowest BCUT2D eigenvalue weighted by atomic mass is 10.2. The second-order valence-electron chi connectivity index (χ2n) is 6.26. The molecule has 1 aromatic carbocycles. The van der Waals surface area contributed by atoms with Crippen molar-refractivity contribution >= 4 is 18.2 Å². The summed E-state index contributed by atoms with van der Waals surface area (Å²) in [6.07, 6.45) is 1.37. The van der Waals surface area contributed by atoms with Gasteiger partial charge in [0.25, 0.3) is 0 Å². The molecule has 7 heteroatoms. The van der Waals surface area contributed by atoms with Crippen LogP contribution in [-0.2, 0) is 20.9 Å². The lowest BCUT2D eigenvalue weighted by Crippen LogP contribution is -2.48. The van der Waals surface area contributed by atoms with Crippen LogP contribution >= 0.6 is 0 Å². The topological polar surface area (TPSA) is 69.7 Å². The summed E-state index contributed by atoms with van der Waals surface area (Å²) in [5.74, 6) is -0.970. The molecule has 0 bridgehead atoms. The Labute approximate surface area is 139 Å². The van der Waals surface area contributed by atoms with Crippen LogP contribution in [0.2, 0.25) is 0 Å². The van der Waals surface area contributed by atoms with E-state index in [9.17, 15) is 18.8 Å². The molecule has 1 saturated heterocycles. The summed E-state index contributed by atoms with van der Waals surface area (Å²) in [4.78, 5) is 38.6. The minimum Gasteiger partial charge on any atom is -0.352 e. The van der Waals surface area contributed by atoms with Crippen LogP contribution in [0.3, 0.4) is 0 Å². The van der Waals surface area contributed by atoms with Gasteiger partial charge < -0.3 is 15.1 Å². The quantitative estimate of drug-likeness (QED) is 0.792. The number of hydrogen-bond acceptors (Lipinski definition) is 3. The van der Waals surface area contributed by atoms with Gasteiger partial charge in [-0.25, -0.2) is 4.39 Å². The molecule has 2 atom stereocenters. The number of amides is 3. The van der Waals surface area contributed by atoms with Crippen LogP contribution < -0.4 is 5.32 Å². The molecule has 1 N–H and O–H groups in total. The zero-order chi connectivity index (χ0) is 17.1. The van der Waals surface area contributed by atoms with E-state index >= 15 is 0 Å². The van der Waals surface area contributed by atoms with Crippen LogP contribution in [0.15, 0.2) is 24.3 Å². The highest BCUT2D eigenvalue weighted by Crippen LogP contribution is 2.40. The van der Waals surface area contributed by atoms with Crippen molar-refractivity contribution < 1.29 is 18.8 Å². The van der Waals surface area contributed by atoms with Crippen molar-refractivity contribution in [1.29, 1.82) is 0 Å². The summed E-state index contributed by atoms with van der Waals surface area (Å²) < 4.78 is 12.8. The van der Waals surface area contributed by atoms with E-state index in [0.717, 1.165) is 12.0 Å². The maximum Gasteiger partial charge on any atom is 0.226 e. The van der Waals surface area contributed by atoms with E-state index < -0.39 is 0 Å². The van der Waals surface area contributed by atoms with Crippen LogP contribution in [-0.4, -0.2) is 54.2 Å². The molecular weight excluding hydrogens is 313 g/mol. The summed E-state index contributed by atoms with van der Waals surface area (Å²) in [5, 5.41) is 2.80. The average molecular weight is 333 g/mol. The predicted molar refractivity (Wildman–Crippen MR) is 84.1 cm³/mol. The molecule has 0 aromatic heterocycles. The van der Waals surface area contributed by atoms with Gasteiger partial charge in [0.05, 0.1) is 11.8 Å². The molecule has 3 amide bonds. The number of carbonyl (C=O) groups excluding carboxylic acids is 3. The van der Waals surface area contributed by atoms with E-state index in [4.69, 9.17) is 0 Å². The number of nitrogens with zero attached hydrogens (tertiary/aromatic N) is 2. The first-order chi connectivity index (χ1) is 11.6. The van der Waals surface area contributed by atoms with Crippen molar-refractivity contribution in [2.75, 3.05) is 26.2 Å². The number of hydrogen-bond donors (Lipinski definition) is 1. The van der Waals surface area contributed by atoms with E-state index in [0.29, 0.717) is 39.1 Å². The molecule has 2 fully saturated rings. The van der Waals surface area contributed by atoms with E-state index in [1.165, 1.54) is 12.1 Å². The molecule has 1 heterocycles. The molecule has 3 rings (SSSR count). The number of piperazine rings is 1. The first kappa shape index (κ1) is 16.4. The number of carbonyl (C=O) groups is 3. The summed E-state index contributed by atoms with van der Waals surface area (Å²) in [7, 11) is 0. The molecule has 1 aliphatic heterocycles. The molecule has 6 nitrogen and oxygen atoms in total. The molecular formula is C17H20FN3O3. The van der Waals surface area contributed by atoms with Crippen molar-refractivity contribution in [1.82, 2.24) is 15.1 Å². The highest BCUT2D eigenvalue weighted by Gasteiger charge is 2.49. The Balaban J connectivity index is 1.44. The van der Waals surface area contributed by atoms with Gasteiger partial charge in [-0.2, -0.15) is 0 Å². The van der Waals surface area contributed by atoms with Gasteiger partial charge in [0, 0.05) is 32.7 Å². The fourth-order valence-electron chi connectivity index (χ4n) is 2.96. The maximum atomic E-state index is 12.8. The fraction of sp³-hybridized carbons (Fsp3) is 0.471. The first-order valence-electron chi connectivity index (χ1n) is 8.09. The van der Waals surface area contributed by atoms with E-state index in [-0.39, 0.29) is 29.5 Å². The Morgan fingerprint density at radius 1 is 1.12 bits per heavy atom. The summed E-state index contributed by atoms with van der Waals surface area (Å²) >= 11 is 0. The zero-order valence-electron chi connectivity index (χ0n) is 13.3. The number of nitrogens with one attached hydrogen (secondary N) is 1. The van der Waals surface area contributed by atoms with E-state index in [1.54, 1.807) is 21.9 Å². The lowest BCUT2D eigenvalue weighted by Gasteiger charge is -2.32. The van der Waals surface area contributed by atoms with Gasteiger partial charge in [0.2, 0.25) is 18.2 Å². The first-order valence-corrected chi connectivity index (χ1v) is 8.09. The molecule has 2 aliphatic rings. The summed E-state index contributed by atoms with van der Waals surface area (Å²) in [6, 6.07) is 5.95. The van der Waals surface area contributed by atoms with Crippen LogP contribution in [0.25, 0.3) is 0 Å². The molecule has 1 aliphatic carbocycles. The molecule has 2 unspecified atom stereocenters. The Morgan fingerprint density at radius 3 is 2.42 bits per heavy atom. The van der Waals surface area contributed by atoms with Crippen LogP contribution in [0.4, 0.5) is 4.39 Å². The summed E-state index contributed by atoms with van der Waals surface area (Å²) in [6.45, 7) is 2.47. The van der Waals surface area contributed by atoms with Gasteiger partial charge in [0.15, 0.2) is 0 Å². The highest BCUT2D eigenvalue weighted by atomic mass is 19.1. The normalized spacial score (nSPS) is 22.9. The van der Waals surface area contributed by atoms with Crippen LogP contribution in [0.1, 0.15) is 12.0 Å². The zero-order valence-corrected chi connectivity index (χ0v) is 13.3. The predicted octanol–water partition coefficient (Wildman–Crippen LogP) is 0.379. The SMILES string of the molecule is O=CN1CCN(C(=O)C2CC2C(=O)NCc2ccc(F)cc2)CC1. The Morgan fingerprint density at radius 2 is 1.79 bits per heavy atom. The third kappa shape index (κ3) is 3.72. The summed E-state index contributed by atoms with van der Waals surface area (Å²) in [5.41, 5.74) is 0.818. The third-order valence-corrected chi connectivity index (χ3v) is 4.60. The van der Waals surface area contributed by atoms with Gasteiger partial charge in [-0.3, -0.25) is 14.4 Å². The molecule has 1 aromatic rings. The van der Waals surface area contributed by atoms with Crippen LogP contribution in [0, 0.1) is 17.7 Å². The molecule has 128 valence electrons. The fourth-order valence-corrected chi connectivity index (χ4v) is 2.96. The van der Waals surface area contributed by atoms with Gasteiger partial charge in [-0.05, 0) is 24.1 Å². The maximum absolute atomic E-state index is 12.8. The van der Waals surface area contributed by atoms with Gasteiger partial charge >= 0.3 is 0 Å².